The van der Waals surface area contributed by atoms with Gasteiger partial charge in [-0.2, -0.15) is 0 Å². The van der Waals surface area contributed by atoms with Gasteiger partial charge in [0, 0.05) is 22.2 Å². The summed E-state index contributed by atoms with van der Waals surface area (Å²) in [6.45, 7) is 3.70. The van der Waals surface area contributed by atoms with Crippen molar-refractivity contribution in [2.45, 2.75) is 39.5 Å². The summed E-state index contributed by atoms with van der Waals surface area (Å²) in [7, 11) is 0. The molecule has 0 radical (unpaired) electrons. The average molecular weight is 342 g/mol. The number of rotatable bonds is 4. The Morgan fingerprint density at radius 1 is 1.00 bits per heavy atom. The Labute approximate surface area is 146 Å². The normalized spacial score (nSPS) is 13.5. The predicted molar refractivity (Wildman–Crippen MR) is 98.8 cm³/mol. The molecular formula is C19H22N2O2S. The minimum Gasteiger partial charge on any atom is -0.326 e. The fraction of sp³-hybridized carbons (Fsp3) is 0.368. The second-order valence-corrected chi connectivity index (χ2v) is 7.58. The van der Waals surface area contributed by atoms with Crippen LogP contribution in [0.3, 0.4) is 0 Å². The molecule has 4 nitrogen and oxygen atoms in total. The van der Waals surface area contributed by atoms with E-state index in [1.807, 2.05) is 19.9 Å². The molecule has 1 aliphatic carbocycles. The topological polar surface area (TPSA) is 58.2 Å². The lowest BCUT2D eigenvalue weighted by molar-refractivity contribution is -0.118. The molecule has 1 aliphatic rings. The van der Waals surface area contributed by atoms with Crippen LogP contribution in [0.4, 0.5) is 11.4 Å². The van der Waals surface area contributed by atoms with Crippen molar-refractivity contribution in [2.75, 3.05) is 10.6 Å². The second-order valence-electron chi connectivity index (χ2n) is 6.44. The Morgan fingerprint density at radius 3 is 2.25 bits per heavy atom. The van der Waals surface area contributed by atoms with Crippen molar-refractivity contribution in [3.63, 3.8) is 0 Å². The lowest BCUT2D eigenvalue weighted by atomic mass is 9.99. The summed E-state index contributed by atoms with van der Waals surface area (Å²) in [4.78, 5) is 26.2. The summed E-state index contributed by atoms with van der Waals surface area (Å²) in [6, 6.07) is 9.25. The molecule has 0 fully saturated rings. The number of benzene rings is 1. The van der Waals surface area contributed by atoms with Crippen LogP contribution in [0.25, 0.3) is 0 Å². The molecule has 24 heavy (non-hydrogen) atoms. The van der Waals surface area contributed by atoms with Gasteiger partial charge in [-0.05, 0) is 61.6 Å². The van der Waals surface area contributed by atoms with Crippen molar-refractivity contribution >= 4 is 34.5 Å². The van der Waals surface area contributed by atoms with Gasteiger partial charge in [0.15, 0.2) is 0 Å². The van der Waals surface area contributed by atoms with Gasteiger partial charge in [0.1, 0.15) is 0 Å². The highest BCUT2D eigenvalue weighted by Crippen LogP contribution is 2.30. The zero-order valence-electron chi connectivity index (χ0n) is 14.0. The van der Waals surface area contributed by atoms with Crippen LogP contribution in [0.1, 0.15) is 46.8 Å². The predicted octanol–water partition coefficient (Wildman–Crippen LogP) is 4.47. The molecule has 1 heterocycles. The Morgan fingerprint density at radius 2 is 1.62 bits per heavy atom. The summed E-state index contributed by atoms with van der Waals surface area (Å²) in [5, 5.41) is 5.77. The van der Waals surface area contributed by atoms with Gasteiger partial charge >= 0.3 is 0 Å². The number of hydrogen-bond acceptors (Lipinski definition) is 3. The van der Waals surface area contributed by atoms with Gasteiger partial charge in [0.2, 0.25) is 5.91 Å². The molecule has 126 valence electrons. The van der Waals surface area contributed by atoms with E-state index in [1.165, 1.54) is 23.3 Å². The van der Waals surface area contributed by atoms with Gasteiger partial charge in [-0.3, -0.25) is 9.59 Å². The van der Waals surface area contributed by atoms with Crippen LogP contribution in [0, 0.1) is 5.92 Å². The zero-order chi connectivity index (χ0) is 17.1. The van der Waals surface area contributed by atoms with Crippen molar-refractivity contribution in [2.24, 2.45) is 5.92 Å². The molecule has 2 amide bonds. The second kappa shape index (κ2) is 7.18. The summed E-state index contributed by atoms with van der Waals surface area (Å²) in [5.74, 6) is -0.140. The van der Waals surface area contributed by atoms with E-state index in [2.05, 4.69) is 10.6 Å². The largest absolute Gasteiger partial charge is 0.326 e. The molecule has 3 rings (SSSR count). The summed E-state index contributed by atoms with van der Waals surface area (Å²) in [5.41, 5.74) is 2.80. The summed E-state index contributed by atoms with van der Waals surface area (Å²) in [6.07, 6.45) is 4.62. The first kappa shape index (κ1) is 16.7. The van der Waals surface area contributed by atoms with E-state index in [-0.39, 0.29) is 17.7 Å². The minimum absolute atomic E-state index is 0.0176. The third-order valence-electron chi connectivity index (χ3n) is 4.16. The number of carbonyl (C=O) groups excluding carboxylic acids is 2. The molecule has 5 heteroatoms. The molecule has 0 bridgehead atoms. The van der Waals surface area contributed by atoms with Gasteiger partial charge in [-0.1, -0.05) is 13.8 Å². The average Bonchev–Trinajstić information content (AvgIpc) is 3.00. The summed E-state index contributed by atoms with van der Waals surface area (Å²) >= 11 is 1.61. The van der Waals surface area contributed by atoms with E-state index in [1.54, 1.807) is 35.6 Å². The summed E-state index contributed by atoms with van der Waals surface area (Å²) < 4.78 is 0. The monoisotopic (exact) mass is 342 g/mol. The Balaban J connectivity index is 1.64. The van der Waals surface area contributed by atoms with Crippen molar-refractivity contribution in [3.8, 4) is 0 Å². The third kappa shape index (κ3) is 3.85. The van der Waals surface area contributed by atoms with E-state index < -0.39 is 0 Å². The molecule has 2 aromatic rings. The number of fused-ring (bicyclic) bond motifs is 1. The first-order chi connectivity index (χ1) is 11.5. The Hall–Kier alpha value is -2.14. The molecule has 0 saturated heterocycles. The standard InChI is InChI=1S/C19H22N2O2S/c1-12(2)18(22)20-14-7-9-15(10-8-14)21-19(23)17-11-13-5-3-4-6-16(13)24-17/h7-12H,3-6H2,1-2H3,(H,20,22)(H,21,23). The highest BCUT2D eigenvalue weighted by Gasteiger charge is 2.17. The fourth-order valence-corrected chi connectivity index (χ4v) is 3.87. The van der Waals surface area contributed by atoms with E-state index in [9.17, 15) is 9.59 Å². The Bertz CT molecular complexity index is 724. The van der Waals surface area contributed by atoms with Gasteiger partial charge in [-0.15, -0.1) is 11.3 Å². The first-order valence-electron chi connectivity index (χ1n) is 8.37. The lowest BCUT2D eigenvalue weighted by Crippen LogP contribution is -2.17. The number of carbonyl (C=O) groups is 2. The van der Waals surface area contributed by atoms with Crippen LogP contribution in [0.2, 0.25) is 0 Å². The maximum absolute atomic E-state index is 12.4. The quantitative estimate of drug-likeness (QED) is 0.861. The molecule has 2 N–H and O–H groups in total. The van der Waals surface area contributed by atoms with Crippen LogP contribution in [0.5, 0.6) is 0 Å². The fourth-order valence-electron chi connectivity index (χ4n) is 2.72. The molecule has 1 aromatic heterocycles. The number of amides is 2. The maximum Gasteiger partial charge on any atom is 0.265 e. The van der Waals surface area contributed by atoms with Crippen LogP contribution >= 0.6 is 11.3 Å². The highest BCUT2D eigenvalue weighted by molar-refractivity contribution is 7.14. The van der Waals surface area contributed by atoms with Crippen molar-refractivity contribution in [1.29, 1.82) is 0 Å². The number of aryl methyl sites for hydroxylation is 2. The van der Waals surface area contributed by atoms with E-state index in [4.69, 9.17) is 0 Å². The SMILES string of the molecule is CC(C)C(=O)Nc1ccc(NC(=O)c2cc3c(s2)CCCC3)cc1. The van der Waals surface area contributed by atoms with Crippen LogP contribution in [-0.2, 0) is 17.6 Å². The van der Waals surface area contributed by atoms with Gasteiger partial charge in [-0.25, -0.2) is 0 Å². The minimum atomic E-state index is -0.0617. The van der Waals surface area contributed by atoms with Crippen LogP contribution < -0.4 is 10.6 Å². The zero-order valence-corrected chi connectivity index (χ0v) is 14.8. The number of anilines is 2. The molecular weight excluding hydrogens is 320 g/mol. The molecule has 0 unspecified atom stereocenters. The molecule has 0 atom stereocenters. The van der Waals surface area contributed by atoms with Gasteiger partial charge in [0.05, 0.1) is 4.88 Å². The smallest absolute Gasteiger partial charge is 0.265 e. The Kier molecular flexibility index (Phi) is 5.00. The van der Waals surface area contributed by atoms with Crippen molar-refractivity contribution < 1.29 is 9.59 Å². The van der Waals surface area contributed by atoms with Gasteiger partial charge in [0.25, 0.3) is 5.91 Å². The van der Waals surface area contributed by atoms with Crippen molar-refractivity contribution in [3.05, 3.63) is 45.6 Å². The number of nitrogens with one attached hydrogen (secondary N) is 2. The van der Waals surface area contributed by atoms with Crippen LogP contribution in [0.15, 0.2) is 30.3 Å². The molecule has 0 saturated carbocycles. The molecule has 0 aliphatic heterocycles. The maximum atomic E-state index is 12.4. The molecule has 0 spiro atoms. The first-order valence-corrected chi connectivity index (χ1v) is 9.18. The van der Waals surface area contributed by atoms with Crippen molar-refractivity contribution in [1.82, 2.24) is 0 Å². The number of hydrogen-bond donors (Lipinski definition) is 2. The van der Waals surface area contributed by atoms with Crippen LogP contribution in [-0.4, -0.2) is 11.8 Å². The van der Waals surface area contributed by atoms with E-state index in [0.717, 1.165) is 29.1 Å². The number of thiophene rings is 1. The van der Waals surface area contributed by atoms with Gasteiger partial charge < -0.3 is 10.6 Å². The third-order valence-corrected chi connectivity index (χ3v) is 5.39. The molecule has 1 aromatic carbocycles. The highest BCUT2D eigenvalue weighted by atomic mass is 32.1. The lowest BCUT2D eigenvalue weighted by Gasteiger charge is -2.09. The van der Waals surface area contributed by atoms with E-state index in [0.29, 0.717) is 0 Å². The van der Waals surface area contributed by atoms with E-state index >= 15 is 0 Å².